The lowest BCUT2D eigenvalue weighted by molar-refractivity contribution is -0.118. The van der Waals surface area contributed by atoms with Crippen LogP contribution in [-0.2, 0) is 4.79 Å². The highest BCUT2D eigenvalue weighted by molar-refractivity contribution is 6.30. The Morgan fingerprint density at radius 3 is 2.50 bits per heavy atom. The summed E-state index contributed by atoms with van der Waals surface area (Å²) >= 11 is 5.83. The van der Waals surface area contributed by atoms with Gasteiger partial charge in [0.15, 0.2) is 0 Å². The fraction of sp³-hybridized carbons (Fsp3) is 0.500. The van der Waals surface area contributed by atoms with E-state index in [-0.39, 0.29) is 17.8 Å². The van der Waals surface area contributed by atoms with Crippen LogP contribution in [-0.4, -0.2) is 30.1 Å². The molecule has 1 aromatic rings. The zero-order chi connectivity index (χ0) is 13.5. The van der Waals surface area contributed by atoms with Crippen LogP contribution in [0.2, 0.25) is 5.02 Å². The van der Waals surface area contributed by atoms with Crippen LogP contribution in [0.3, 0.4) is 0 Å². The molecule has 0 aromatic heterocycles. The number of halogens is 1. The highest BCUT2D eigenvalue weighted by atomic mass is 35.5. The monoisotopic (exact) mass is 269 g/mol. The van der Waals surface area contributed by atoms with E-state index < -0.39 is 0 Å². The highest BCUT2D eigenvalue weighted by Crippen LogP contribution is 2.22. The fourth-order valence-electron chi connectivity index (χ4n) is 1.86. The Labute approximate surface area is 113 Å². The van der Waals surface area contributed by atoms with E-state index in [0.717, 1.165) is 12.0 Å². The van der Waals surface area contributed by atoms with Gasteiger partial charge in [-0.15, -0.1) is 0 Å². The molecule has 0 fully saturated rings. The van der Waals surface area contributed by atoms with E-state index >= 15 is 0 Å². The summed E-state index contributed by atoms with van der Waals surface area (Å²) in [4.78, 5) is 11.6. The van der Waals surface area contributed by atoms with Crippen LogP contribution in [0.25, 0.3) is 0 Å². The highest BCUT2D eigenvalue weighted by Gasteiger charge is 2.16. The molecule has 0 aliphatic heterocycles. The van der Waals surface area contributed by atoms with Crippen molar-refractivity contribution < 1.29 is 9.90 Å². The molecule has 0 spiro atoms. The average molecular weight is 270 g/mol. The van der Waals surface area contributed by atoms with Crippen molar-refractivity contribution in [1.29, 1.82) is 0 Å². The van der Waals surface area contributed by atoms with Gasteiger partial charge in [-0.05, 0) is 44.5 Å². The standard InChI is InChI=1S/C14H20ClNO2/c1-10(17)9-16-8-7-14(11(2)18)12-3-5-13(15)6-4-12/h3-6,10,14,16-17H,7-9H2,1-2H3/t10?,14-/m0/s1. The number of aliphatic hydroxyl groups excluding tert-OH is 1. The van der Waals surface area contributed by atoms with Crippen LogP contribution in [0, 0.1) is 0 Å². The number of hydrogen-bond acceptors (Lipinski definition) is 3. The molecule has 3 nitrogen and oxygen atoms in total. The van der Waals surface area contributed by atoms with Gasteiger partial charge in [-0.1, -0.05) is 23.7 Å². The number of Topliss-reactive ketones (excluding diaryl/α,β-unsaturated/α-hetero) is 1. The maximum Gasteiger partial charge on any atom is 0.137 e. The fourth-order valence-corrected chi connectivity index (χ4v) is 1.98. The van der Waals surface area contributed by atoms with Gasteiger partial charge in [0, 0.05) is 17.5 Å². The summed E-state index contributed by atoms with van der Waals surface area (Å²) in [6.07, 6.45) is 0.361. The third-order valence-corrected chi connectivity index (χ3v) is 3.06. The van der Waals surface area contributed by atoms with Crippen molar-refractivity contribution in [2.45, 2.75) is 32.3 Å². The second kappa shape index (κ2) is 7.52. The van der Waals surface area contributed by atoms with Crippen molar-refractivity contribution in [2.75, 3.05) is 13.1 Å². The van der Waals surface area contributed by atoms with Crippen molar-refractivity contribution in [3.05, 3.63) is 34.9 Å². The summed E-state index contributed by atoms with van der Waals surface area (Å²) in [6.45, 7) is 4.59. The lowest BCUT2D eigenvalue weighted by atomic mass is 9.92. The summed E-state index contributed by atoms with van der Waals surface area (Å²) in [5.74, 6) is 0.0416. The van der Waals surface area contributed by atoms with E-state index in [2.05, 4.69) is 5.32 Å². The lowest BCUT2D eigenvalue weighted by Crippen LogP contribution is -2.27. The number of aliphatic hydroxyl groups is 1. The van der Waals surface area contributed by atoms with E-state index in [1.165, 1.54) is 0 Å². The summed E-state index contributed by atoms with van der Waals surface area (Å²) in [5.41, 5.74) is 0.991. The van der Waals surface area contributed by atoms with E-state index in [4.69, 9.17) is 16.7 Å². The number of nitrogens with one attached hydrogen (secondary N) is 1. The molecule has 4 heteroatoms. The minimum atomic E-state index is -0.365. The summed E-state index contributed by atoms with van der Waals surface area (Å²) < 4.78 is 0. The molecular formula is C14H20ClNO2. The number of benzene rings is 1. The van der Waals surface area contributed by atoms with Crippen molar-refractivity contribution in [3.63, 3.8) is 0 Å². The second-order valence-corrected chi connectivity index (χ2v) is 4.99. The molecule has 0 saturated heterocycles. The van der Waals surface area contributed by atoms with Gasteiger partial charge in [-0.25, -0.2) is 0 Å². The van der Waals surface area contributed by atoms with Crippen molar-refractivity contribution in [2.24, 2.45) is 0 Å². The van der Waals surface area contributed by atoms with Gasteiger partial charge in [0.05, 0.1) is 6.10 Å². The minimum Gasteiger partial charge on any atom is -0.392 e. The van der Waals surface area contributed by atoms with E-state index in [9.17, 15) is 4.79 Å². The van der Waals surface area contributed by atoms with Crippen LogP contribution in [0.5, 0.6) is 0 Å². The quantitative estimate of drug-likeness (QED) is 0.747. The molecule has 2 N–H and O–H groups in total. The first kappa shape index (κ1) is 15.2. The van der Waals surface area contributed by atoms with Crippen LogP contribution >= 0.6 is 11.6 Å². The van der Waals surface area contributed by atoms with E-state index in [1.54, 1.807) is 26.0 Å². The molecule has 0 bridgehead atoms. The molecule has 2 atom stereocenters. The minimum absolute atomic E-state index is 0.108. The molecule has 0 heterocycles. The Bertz CT molecular complexity index is 376. The van der Waals surface area contributed by atoms with Gasteiger partial charge in [0.1, 0.15) is 5.78 Å². The maximum atomic E-state index is 11.6. The predicted molar refractivity (Wildman–Crippen MR) is 74.0 cm³/mol. The number of rotatable bonds is 7. The molecule has 0 radical (unpaired) electrons. The van der Waals surface area contributed by atoms with Crippen LogP contribution in [0.15, 0.2) is 24.3 Å². The Morgan fingerprint density at radius 2 is 2.00 bits per heavy atom. The first-order valence-electron chi connectivity index (χ1n) is 6.15. The van der Waals surface area contributed by atoms with E-state index in [1.807, 2.05) is 12.1 Å². The SMILES string of the molecule is CC(=O)[C@H](CCNCC(C)O)c1ccc(Cl)cc1. The van der Waals surface area contributed by atoms with Gasteiger partial charge < -0.3 is 10.4 Å². The molecule has 0 amide bonds. The zero-order valence-electron chi connectivity index (χ0n) is 10.8. The Kier molecular flexibility index (Phi) is 6.33. The molecule has 100 valence electrons. The van der Waals surface area contributed by atoms with Gasteiger partial charge in [-0.3, -0.25) is 4.79 Å². The summed E-state index contributed by atoms with van der Waals surface area (Å²) in [6, 6.07) is 7.39. The molecule has 0 aliphatic carbocycles. The molecule has 1 unspecified atom stereocenters. The number of ketones is 1. The smallest absolute Gasteiger partial charge is 0.137 e. The molecule has 18 heavy (non-hydrogen) atoms. The third kappa shape index (κ3) is 5.17. The van der Waals surface area contributed by atoms with Crippen molar-refractivity contribution in [1.82, 2.24) is 5.32 Å². The predicted octanol–water partition coefficient (Wildman–Crippen LogP) is 2.37. The number of carbonyl (C=O) groups excluding carboxylic acids is 1. The third-order valence-electron chi connectivity index (χ3n) is 2.81. The summed E-state index contributed by atoms with van der Waals surface area (Å²) in [5, 5.41) is 12.9. The first-order valence-corrected chi connectivity index (χ1v) is 6.53. The molecule has 0 saturated carbocycles. The topological polar surface area (TPSA) is 49.3 Å². The molecule has 1 aromatic carbocycles. The molecule has 0 aliphatic rings. The largest absolute Gasteiger partial charge is 0.392 e. The van der Waals surface area contributed by atoms with Crippen molar-refractivity contribution in [3.8, 4) is 0 Å². The van der Waals surface area contributed by atoms with Gasteiger partial charge in [0.25, 0.3) is 0 Å². The van der Waals surface area contributed by atoms with E-state index in [0.29, 0.717) is 18.1 Å². The van der Waals surface area contributed by atoms with Gasteiger partial charge in [0.2, 0.25) is 0 Å². The van der Waals surface area contributed by atoms with Crippen LogP contribution < -0.4 is 5.32 Å². The number of hydrogen-bond donors (Lipinski definition) is 2. The van der Waals surface area contributed by atoms with Crippen LogP contribution in [0.4, 0.5) is 0 Å². The molecular weight excluding hydrogens is 250 g/mol. The maximum absolute atomic E-state index is 11.6. The summed E-state index contributed by atoms with van der Waals surface area (Å²) in [7, 11) is 0. The Balaban J connectivity index is 2.55. The molecule has 1 rings (SSSR count). The van der Waals surface area contributed by atoms with Gasteiger partial charge >= 0.3 is 0 Å². The van der Waals surface area contributed by atoms with Gasteiger partial charge in [-0.2, -0.15) is 0 Å². The Hall–Kier alpha value is -0.900. The first-order chi connectivity index (χ1) is 8.50. The zero-order valence-corrected chi connectivity index (χ0v) is 11.6. The van der Waals surface area contributed by atoms with Crippen molar-refractivity contribution >= 4 is 17.4 Å². The Morgan fingerprint density at radius 1 is 1.39 bits per heavy atom. The lowest BCUT2D eigenvalue weighted by Gasteiger charge is -2.15. The average Bonchev–Trinajstić information content (AvgIpc) is 2.30. The normalized spacial score (nSPS) is 14.2. The van der Waals surface area contributed by atoms with Crippen LogP contribution in [0.1, 0.15) is 31.7 Å². The second-order valence-electron chi connectivity index (χ2n) is 4.56. The number of carbonyl (C=O) groups is 1.